The first-order valence-electron chi connectivity index (χ1n) is 26.4. The normalized spacial score (nSPS) is 14.6. The van der Waals surface area contributed by atoms with Crippen molar-refractivity contribution in [1.29, 1.82) is 0 Å². The van der Waals surface area contributed by atoms with Crippen LogP contribution in [0.1, 0.15) is 132 Å². The van der Waals surface area contributed by atoms with Crippen molar-refractivity contribution in [1.82, 2.24) is 4.57 Å². The molecular weight excluding hydrogens is 904 g/mol. The van der Waals surface area contributed by atoms with Crippen molar-refractivity contribution in [2.75, 3.05) is 14.7 Å². The van der Waals surface area contributed by atoms with Gasteiger partial charge in [-0.05, 0) is 140 Å². The summed E-state index contributed by atoms with van der Waals surface area (Å²) in [6.45, 7) is 35.1. The second-order valence-electron chi connectivity index (χ2n) is 26.2. The molecule has 0 spiro atoms. The Labute approximate surface area is 436 Å². The van der Waals surface area contributed by atoms with Gasteiger partial charge in [0.2, 0.25) is 0 Å². The van der Waals surface area contributed by atoms with E-state index >= 15 is 0 Å². The largest absolute Gasteiger partial charge is 0.309 e. The first kappa shape index (κ1) is 47.4. The second kappa shape index (κ2) is 15.9. The highest BCUT2D eigenvalue weighted by atomic mass is 31.1. The average molecular weight is 975 g/mol. The molecule has 0 fully saturated rings. The lowest BCUT2D eigenvalue weighted by Crippen LogP contribution is -2.46. The average Bonchev–Trinajstić information content (AvgIpc) is 3.67. The van der Waals surface area contributed by atoms with E-state index in [0.29, 0.717) is 0 Å². The lowest BCUT2D eigenvalue weighted by Gasteiger charge is -2.51. The standard InChI is InChI=1S/C68H71N4P/c1-64(2,3)42-24-30-47(31-25-42)69-55-36-45(67(10,11)12)38-57-61(55)73-62-56(69)37-46(68(13,14)15)39-58(62)71(49-34-28-44(29-35-49)66(7,8)9)60-41-50(72-53-22-18-16-20-51(53)52-21-17-19-23-54(52)72)40-59(63(60)73)70(57)48-32-26-43(27-33-48)65(4,5)6/h16-41H,1-15H3. The minimum absolute atomic E-state index is 0.00772. The van der Waals surface area contributed by atoms with Crippen LogP contribution >= 0.6 is 7.92 Å². The zero-order valence-electron chi connectivity index (χ0n) is 45.7. The molecule has 3 aliphatic rings. The summed E-state index contributed by atoms with van der Waals surface area (Å²) in [5.41, 5.74) is 21.0. The third-order valence-corrected chi connectivity index (χ3v) is 18.6. The van der Waals surface area contributed by atoms with Gasteiger partial charge < -0.3 is 19.3 Å². The van der Waals surface area contributed by atoms with E-state index in [2.05, 4.69) is 281 Å². The van der Waals surface area contributed by atoms with Crippen molar-refractivity contribution >= 4 is 96.8 Å². The van der Waals surface area contributed by atoms with E-state index < -0.39 is 7.92 Å². The van der Waals surface area contributed by atoms with E-state index in [1.54, 1.807) is 0 Å². The number of fused-ring (bicyclic) bond motifs is 3. The minimum Gasteiger partial charge on any atom is -0.309 e. The van der Waals surface area contributed by atoms with Crippen molar-refractivity contribution in [3.8, 4) is 5.69 Å². The molecule has 0 saturated heterocycles. The molecule has 73 heavy (non-hydrogen) atoms. The highest BCUT2D eigenvalue weighted by Crippen LogP contribution is 2.64. The predicted molar refractivity (Wildman–Crippen MR) is 318 cm³/mol. The summed E-state index contributed by atoms with van der Waals surface area (Å²) in [5, 5.41) is 6.75. The van der Waals surface area contributed by atoms with E-state index in [1.807, 2.05) is 0 Å². The second-order valence-corrected chi connectivity index (χ2v) is 28.2. The van der Waals surface area contributed by atoms with Crippen LogP contribution in [0.4, 0.5) is 51.2 Å². The Hall–Kier alpha value is -6.61. The lowest BCUT2D eigenvalue weighted by molar-refractivity contribution is 0.589. The summed E-state index contributed by atoms with van der Waals surface area (Å²) < 4.78 is 2.53. The van der Waals surface area contributed by atoms with Crippen molar-refractivity contribution in [3.63, 3.8) is 0 Å². The smallest absolute Gasteiger partial charge is 0.0587 e. The summed E-state index contributed by atoms with van der Waals surface area (Å²) >= 11 is 0. The van der Waals surface area contributed by atoms with Crippen LogP contribution in [-0.2, 0) is 27.1 Å². The maximum atomic E-state index is 2.65. The van der Waals surface area contributed by atoms with Gasteiger partial charge >= 0.3 is 0 Å². The van der Waals surface area contributed by atoms with Gasteiger partial charge in [0, 0.05) is 51.7 Å². The number of rotatable bonds is 4. The first-order valence-corrected chi connectivity index (χ1v) is 27.8. The Morgan fingerprint density at radius 1 is 0.274 bits per heavy atom. The Kier molecular flexibility index (Phi) is 10.4. The summed E-state index contributed by atoms with van der Waals surface area (Å²) in [7, 11) is -1.10. The maximum absolute atomic E-state index is 2.65. The summed E-state index contributed by atoms with van der Waals surface area (Å²) in [4.78, 5) is 7.95. The number of nitrogens with zero attached hydrogens (tertiary/aromatic N) is 4. The van der Waals surface area contributed by atoms with Crippen LogP contribution in [0, 0.1) is 0 Å². The van der Waals surface area contributed by atoms with Crippen LogP contribution in [-0.4, -0.2) is 4.57 Å². The number of hydrogen-bond acceptors (Lipinski definition) is 3. The van der Waals surface area contributed by atoms with Gasteiger partial charge in [-0.25, -0.2) is 0 Å². The van der Waals surface area contributed by atoms with Gasteiger partial charge in [-0.2, -0.15) is 0 Å². The van der Waals surface area contributed by atoms with Gasteiger partial charge in [0.25, 0.3) is 0 Å². The molecular formula is C68H71N4P. The first-order chi connectivity index (χ1) is 34.4. The topological polar surface area (TPSA) is 14.7 Å². The fraction of sp³-hybridized carbons (Fsp3) is 0.294. The van der Waals surface area contributed by atoms with E-state index in [9.17, 15) is 0 Å². The van der Waals surface area contributed by atoms with E-state index in [-0.39, 0.29) is 27.1 Å². The van der Waals surface area contributed by atoms with E-state index in [0.717, 1.165) is 5.69 Å². The number of anilines is 9. The van der Waals surface area contributed by atoms with Gasteiger partial charge in [0.05, 0.1) is 50.8 Å². The van der Waals surface area contributed by atoms with E-state index in [1.165, 1.54) is 117 Å². The van der Waals surface area contributed by atoms with Crippen LogP contribution in [0.5, 0.6) is 0 Å². The van der Waals surface area contributed by atoms with Crippen molar-refractivity contribution < 1.29 is 0 Å². The zero-order valence-corrected chi connectivity index (χ0v) is 46.6. The fourth-order valence-corrected chi connectivity index (χ4v) is 14.6. The molecule has 0 saturated carbocycles. The molecule has 368 valence electrons. The third-order valence-electron chi connectivity index (χ3n) is 15.9. The summed E-state index contributed by atoms with van der Waals surface area (Å²) in [6.07, 6.45) is 0. The van der Waals surface area contributed by atoms with Crippen LogP contribution in [0.2, 0.25) is 0 Å². The SMILES string of the molecule is CC(C)(C)c1ccc(N2c3cc(-n4c5ccccc5c5ccccc54)cc4c3P3c5c2cc(C(C)(C)C)cc5N(c2ccc(C(C)(C)C)cc2)c2cc(C(C)(C)C)cc(c23)N4c2ccc(C(C)(C)C)cc2)cc1. The molecule has 3 aliphatic heterocycles. The molecule has 0 atom stereocenters. The molecule has 4 heterocycles. The quantitative estimate of drug-likeness (QED) is 0.163. The molecule has 5 heteroatoms. The van der Waals surface area contributed by atoms with Gasteiger partial charge in [0.1, 0.15) is 0 Å². The monoisotopic (exact) mass is 975 g/mol. The molecule has 0 radical (unpaired) electrons. The van der Waals surface area contributed by atoms with Gasteiger partial charge in [-0.1, -0.05) is 177 Å². The highest BCUT2D eigenvalue weighted by Gasteiger charge is 2.49. The number of hydrogen-bond donors (Lipinski definition) is 0. The third kappa shape index (κ3) is 7.48. The highest BCUT2D eigenvalue weighted by molar-refractivity contribution is 7.82. The van der Waals surface area contributed by atoms with Crippen molar-refractivity contribution in [3.05, 3.63) is 186 Å². The van der Waals surface area contributed by atoms with Crippen LogP contribution in [0.3, 0.4) is 0 Å². The number of aromatic nitrogens is 1. The Bertz CT molecular complexity index is 3480. The van der Waals surface area contributed by atoms with E-state index in [4.69, 9.17) is 0 Å². The molecule has 0 N–H and O–H groups in total. The summed E-state index contributed by atoms with van der Waals surface area (Å²) in [5.74, 6) is 0. The van der Waals surface area contributed by atoms with Crippen LogP contribution < -0.4 is 30.6 Å². The zero-order chi connectivity index (χ0) is 51.5. The van der Waals surface area contributed by atoms with Gasteiger partial charge in [-0.15, -0.1) is 0 Å². The maximum Gasteiger partial charge on any atom is 0.0587 e. The number of benzene rings is 8. The van der Waals surface area contributed by atoms with Gasteiger partial charge in [-0.3, -0.25) is 0 Å². The molecule has 8 aromatic carbocycles. The molecule has 12 rings (SSSR count). The van der Waals surface area contributed by atoms with Crippen molar-refractivity contribution in [2.24, 2.45) is 0 Å². The summed E-state index contributed by atoms with van der Waals surface area (Å²) in [6, 6.07) is 61.7. The Balaban J connectivity index is 1.27. The number of para-hydroxylation sites is 2. The molecule has 1 aromatic heterocycles. The molecule has 0 amide bonds. The van der Waals surface area contributed by atoms with Crippen LogP contribution in [0.25, 0.3) is 27.5 Å². The minimum atomic E-state index is -1.10. The Morgan fingerprint density at radius 3 is 0.808 bits per heavy atom. The van der Waals surface area contributed by atoms with Crippen molar-refractivity contribution in [2.45, 2.75) is 131 Å². The molecule has 9 aromatic rings. The van der Waals surface area contributed by atoms with Crippen LogP contribution in [0.15, 0.2) is 158 Å². The van der Waals surface area contributed by atoms with Gasteiger partial charge in [0.15, 0.2) is 0 Å². The lowest BCUT2D eigenvalue weighted by atomic mass is 9.84. The molecule has 0 bridgehead atoms. The molecule has 0 unspecified atom stereocenters. The Morgan fingerprint density at radius 2 is 0.534 bits per heavy atom. The predicted octanol–water partition coefficient (Wildman–Crippen LogP) is 18.4. The fourth-order valence-electron chi connectivity index (χ4n) is 11.6. The molecule has 0 aliphatic carbocycles. The molecule has 4 nitrogen and oxygen atoms in total.